The topological polar surface area (TPSA) is 123 Å². The number of esters is 1. The normalized spacial score (nSPS) is 35.2. The van der Waals surface area contributed by atoms with Crippen molar-refractivity contribution in [2.24, 2.45) is 28.6 Å². The molecule has 3 saturated carbocycles. The van der Waals surface area contributed by atoms with Gasteiger partial charge in [0.25, 0.3) is 0 Å². The Morgan fingerprint density at radius 3 is 2.62 bits per heavy atom. The van der Waals surface area contributed by atoms with Crippen LogP contribution in [0.1, 0.15) is 83.7 Å². The van der Waals surface area contributed by atoms with Gasteiger partial charge in [0.05, 0.1) is 18.7 Å². The number of carbonyl (C=O) groups excluding carboxylic acids is 4. The summed E-state index contributed by atoms with van der Waals surface area (Å²) >= 11 is 0. The van der Waals surface area contributed by atoms with Crippen LogP contribution >= 0.6 is 0 Å². The van der Waals surface area contributed by atoms with E-state index in [0.29, 0.717) is 24.7 Å². The van der Waals surface area contributed by atoms with E-state index in [1.54, 1.807) is 18.3 Å². The maximum absolute atomic E-state index is 13.4. The van der Waals surface area contributed by atoms with Crippen LogP contribution < -0.4 is 5.32 Å². The van der Waals surface area contributed by atoms with Gasteiger partial charge in [0.15, 0.2) is 12.4 Å². The van der Waals surface area contributed by atoms with Gasteiger partial charge in [-0.25, -0.2) is 0 Å². The molecule has 0 aromatic carbocycles. The Balaban J connectivity index is 1.15. The number of hydrogen-bond donors (Lipinski definition) is 2. The third kappa shape index (κ3) is 4.96. The number of hydrogen-bond acceptors (Lipinski definition) is 7. The first-order valence-electron chi connectivity index (χ1n) is 14.4. The summed E-state index contributed by atoms with van der Waals surface area (Å²) < 4.78 is 5.24. The van der Waals surface area contributed by atoms with Crippen LogP contribution in [0.15, 0.2) is 36.0 Å². The average molecular weight is 537 g/mol. The number of ether oxygens (including phenoxy) is 1. The third-order valence-electron chi connectivity index (χ3n) is 10.7. The zero-order valence-electron chi connectivity index (χ0n) is 23.0. The lowest BCUT2D eigenvalue weighted by atomic mass is 9.46. The number of ketones is 2. The lowest BCUT2D eigenvalue weighted by Crippen LogP contribution is -2.58. The first kappa shape index (κ1) is 27.7. The number of aliphatic hydroxyl groups is 1. The number of carbonyl (C=O) groups is 4. The van der Waals surface area contributed by atoms with Crippen molar-refractivity contribution in [2.75, 3.05) is 6.61 Å². The first-order valence-corrected chi connectivity index (χ1v) is 14.4. The Hall–Kier alpha value is -2.87. The Labute approximate surface area is 230 Å². The molecule has 1 aromatic heterocycles. The highest BCUT2D eigenvalue weighted by molar-refractivity contribution is 5.92. The molecule has 0 bridgehead atoms. The fourth-order valence-electron chi connectivity index (χ4n) is 8.37. The first-order chi connectivity index (χ1) is 18.6. The molecule has 1 amide bonds. The molecule has 0 saturated heterocycles. The zero-order valence-corrected chi connectivity index (χ0v) is 23.0. The fraction of sp³-hybridized carbons (Fsp3) is 0.645. The number of fused-ring (bicyclic) bond motifs is 5. The number of nitrogens with zero attached hydrogens (tertiary/aromatic N) is 1. The molecular weight excluding hydrogens is 496 g/mol. The van der Waals surface area contributed by atoms with Crippen LogP contribution in [0.3, 0.4) is 0 Å². The van der Waals surface area contributed by atoms with Gasteiger partial charge in [0, 0.05) is 24.5 Å². The van der Waals surface area contributed by atoms with E-state index in [4.69, 9.17) is 4.74 Å². The second-order valence-corrected chi connectivity index (χ2v) is 12.5. The molecule has 39 heavy (non-hydrogen) atoms. The van der Waals surface area contributed by atoms with Gasteiger partial charge in [-0.2, -0.15) is 0 Å². The summed E-state index contributed by atoms with van der Waals surface area (Å²) in [7, 11) is 0. The molecule has 2 N–H and O–H groups in total. The second kappa shape index (κ2) is 10.6. The third-order valence-corrected chi connectivity index (χ3v) is 10.7. The molecule has 5 rings (SSSR count). The quantitative estimate of drug-likeness (QED) is 0.484. The van der Waals surface area contributed by atoms with Gasteiger partial charge in [0.2, 0.25) is 11.7 Å². The highest BCUT2D eigenvalue weighted by Gasteiger charge is 2.66. The maximum Gasteiger partial charge on any atom is 0.306 e. The summed E-state index contributed by atoms with van der Waals surface area (Å²) in [6.07, 6.45) is 9.55. The van der Waals surface area contributed by atoms with E-state index < -0.39 is 29.4 Å². The molecular formula is C31H40N2O6. The highest BCUT2D eigenvalue weighted by atomic mass is 16.5. The number of rotatable bonds is 8. The molecule has 8 nitrogen and oxygen atoms in total. The Kier molecular flexibility index (Phi) is 7.53. The van der Waals surface area contributed by atoms with Gasteiger partial charge < -0.3 is 15.2 Å². The Morgan fingerprint density at radius 2 is 1.85 bits per heavy atom. The van der Waals surface area contributed by atoms with Gasteiger partial charge in [-0.3, -0.25) is 24.2 Å². The number of amides is 1. The molecule has 3 fully saturated rings. The van der Waals surface area contributed by atoms with Crippen molar-refractivity contribution >= 4 is 23.4 Å². The van der Waals surface area contributed by atoms with Crippen molar-refractivity contribution < 1.29 is 29.0 Å². The lowest BCUT2D eigenvalue weighted by Gasteiger charge is -2.58. The van der Waals surface area contributed by atoms with Crippen molar-refractivity contribution in [1.29, 1.82) is 0 Å². The predicted octanol–water partition coefficient (Wildman–Crippen LogP) is 3.85. The lowest BCUT2D eigenvalue weighted by molar-refractivity contribution is -0.170. The standard InChI is InChI=1S/C31H40N2O6/c1-29-13-10-22(34)17-20(29)6-7-23-24(29)11-14-30(2)25(23)12-15-31(30,38)26(35)19-39-28(37)9-8-27(36)33-18-21-5-3-4-16-32-21/h3-5,16-17,23-25,38H,6-15,18-19H2,1-2H3,(H,33,36)/t23-,24-,25-,29-,30+,31-/m0/s1. The van der Waals surface area contributed by atoms with E-state index in [2.05, 4.69) is 17.2 Å². The monoisotopic (exact) mass is 536 g/mol. The molecule has 0 radical (unpaired) electrons. The molecule has 4 aliphatic rings. The van der Waals surface area contributed by atoms with E-state index in [1.165, 1.54) is 5.57 Å². The van der Waals surface area contributed by atoms with Crippen molar-refractivity contribution in [1.82, 2.24) is 10.3 Å². The zero-order chi connectivity index (χ0) is 27.8. The van der Waals surface area contributed by atoms with Crippen LogP contribution in [0.5, 0.6) is 0 Å². The largest absolute Gasteiger partial charge is 0.458 e. The second-order valence-electron chi connectivity index (χ2n) is 12.5. The smallest absolute Gasteiger partial charge is 0.306 e. The molecule has 8 heteroatoms. The van der Waals surface area contributed by atoms with Crippen LogP contribution in [-0.4, -0.2) is 45.7 Å². The summed E-state index contributed by atoms with van der Waals surface area (Å²) in [5.41, 5.74) is -0.0429. The minimum absolute atomic E-state index is 0.0301. The van der Waals surface area contributed by atoms with E-state index in [0.717, 1.165) is 44.2 Å². The summed E-state index contributed by atoms with van der Waals surface area (Å²) in [4.78, 5) is 54.0. The van der Waals surface area contributed by atoms with E-state index >= 15 is 0 Å². The van der Waals surface area contributed by atoms with Crippen LogP contribution in [0.25, 0.3) is 0 Å². The molecule has 0 unspecified atom stereocenters. The van der Waals surface area contributed by atoms with Gasteiger partial charge in [-0.1, -0.05) is 25.5 Å². The van der Waals surface area contributed by atoms with Crippen molar-refractivity contribution in [3.8, 4) is 0 Å². The number of nitrogens with one attached hydrogen (secondary N) is 1. The predicted molar refractivity (Wildman–Crippen MR) is 143 cm³/mol. The molecule has 0 spiro atoms. The number of aromatic nitrogens is 1. The van der Waals surface area contributed by atoms with Gasteiger partial charge >= 0.3 is 5.97 Å². The van der Waals surface area contributed by atoms with Gasteiger partial charge in [-0.15, -0.1) is 0 Å². The summed E-state index contributed by atoms with van der Waals surface area (Å²) in [5, 5.41) is 14.5. The molecule has 1 heterocycles. The molecule has 210 valence electrons. The summed E-state index contributed by atoms with van der Waals surface area (Å²) in [6, 6.07) is 5.42. The van der Waals surface area contributed by atoms with E-state index in [1.807, 2.05) is 19.1 Å². The molecule has 4 aliphatic carbocycles. The minimum atomic E-state index is -1.53. The number of Topliss-reactive ketones (excluding diaryl/α,β-unsaturated/α-hetero) is 1. The van der Waals surface area contributed by atoms with E-state index in [-0.39, 0.29) is 42.4 Å². The van der Waals surface area contributed by atoms with Crippen LogP contribution in [0, 0.1) is 28.6 Å². The summed E-state index contributed by atoms with van der Waals surface area (Å²) in [5.74, 6) is -0.0379. The van der Waals surface area contributed by atoms with Gasteiger partial charge in [0.1, 0.15) is 5.60 Å². The van der Waals surface area contributed by atoms with Gasteiger partial charge in [-0.05, 0) is 86.3 Å². The van der Waals surface area contributed by atoms with Crippen LogP contribution in [-0.2, 0) is 30.5 Å². The molecule has 1 aromatic rings. The van der Waals surface area contributed by atoms with Crippen LogP contribution in [0.2, 0.25) is 0 Å². The molecule has 0 aliphatic heterocycles. The Bertz CT molecular complexity index is 1180. The number of pyridine rings is 1. The highest BCUT2D eigenvalue weighted by Crippen LogP contribution is 2.67. The minimum Gasteiger partial charge on any atom is -0.458 e. The van der Waals surface area contributed by atoms with Crippen molar-refractivity contribution in [2.45, 2.75) is 90.2 Å². The average Bonchev–Trinajstić information content (AvgIpc) is 3.21. The van der Waals surface area contributed by atoms with Crippen LogP contribution in [0.4, 0.5) is 0 Å². The Morgan fingerprint density at radius 1 is 1.05 bits per heavy atom. The van der Waals surface area contributed by atoms with Crippen molar-refractivity contribution in [3.63, 3.8) is 0 Å². The van der Waals surface area contributed by atoms with Crippen molar-refractivity contribution in [3.05, 3.63) is 41.7 Å². The fourth-order valence-corrected chi connectivity index (χ4v) is 8.37. The SMILES string of the molecule is C[C@]12CCC(=O)C=C1CC[C@H]1[C@@H]2CC[C@]2(C)[C@H]1CC[C@]2(O)C(=O)COC(=O)CCC(=O)NCc1ccccn1. The number of allylic oxidation sites excluding steroid dienone is 1. The summed E-state index contributed by atoms with van der Waals surface area (Å²) in [6.45, 7) is 4.16. The molecule has 6 atom stereocenters. The van der Waals surface area contributed by atoms with E-state index in [9.17, 15) is 24.3 Å². The maximum atomic E-state index is 13.4.